The Balaban J connectivity index is 1.57. The summed E-state index contributed by atoms with van der Waals surface area (Å²) in [5.41, 5.74) is 1.32. The summed E-state index contributed by atoms with van der Waals surface area (Å²) in [7, 11) is 0. The highest BCUT2D eigenvalue weighted by Crippen LogP contribution is 2.13. The molecular formula is C19H17FN4O2. The molecule has 26 heavy (non-hydrogen) atoms. The molecule has 6 nitrogen and oxygen atoms in total. The standard InChI is InChI=1S/C19H17FN4O2/c20-16-5-2-4-15(12-16)18(25)23-7-9-24(10-8-23)19(26)22-17-6-1-3-14(11-17)13-21/h1-6,11-12H,7-10H2,(H,22,26). The second kappa shape index (κ2) is 7.66. The zero-order chi connectivity index (χ0) is 18.5. The van der Waals surface area contributed by atoms with Crippen LogP contribution in [0.5, 0.6) is 0 Å². The van der Waals surface area contributed by atoms with Crippen molar-refractivity contribution >= 4 is 17.6 Å². The molecule has 0 aromatic heterocycles. The van der Waals surface area contributed by atoms with Gasteiger partial charge in [0.1, 0.15) is 5.82 Å². The number of hydrogen-bond donors (Lipinski definition) is 1. The number of anilines is 1. The number of rotatable bonds is 2. The number of piperazine rings is 1. The first-order valence-corrected chi connectivity index (χ1v) is 8.18. The van der Waals surface area contributed by atoms with Gasteiger partial charge >= 0.3 is 6.03 Å². The third kappa shape index (κ3) is 3.98. The van der Waals surface area contributed by atoms with Crippen LogP contribution < -0.4 is 5.32 Å². The molecule has 0 saturated carbocycles. The topological polar surface area (TPSA) is 76.4 Å². The monoisotopic (exact) mass is 352 g/mol. The Morgan fingerprint density at radius 1 is 1.00 bits per heavy atom. The molecular weight excluding hydrogens is 335 g/mol. The van der Waals surface area contributed by atoms with E-state index in [2.05, 4.69) is 5.32 Å². The number of benzene rings is 2. The number of carbonyl (C=O) groups is 2. The van der Waals surface area contributed by atoms with Crippen LogP contribution in [0.2, 0.25) is 0 Å². The summed E-state index contributed by atoms with van der Waals surface area (Å²) >= 11 is 0. The van der Waals surface area contributed by atoms with Crippen LogP contribution in [-0.4, -0.2) is 47.9 Å². The van der Waals surface area contributed by atoms with Crippen molar-refractivity contribution < 1.29 is 14.0 Å². The molecule has 2 aromatic rings. The Morgan fingerprint density at radius 3 is 2.38 bits per heavy atom. The number of hydrogen-bond acceptors (Lipinski definition) is 3. The van der Waals surface area contributed by atoms with E-state index in [-0.39, 0.29) is 11.9 Å². The minimum Gasteiger partial charge on any atom is -0.335 e. The van der Waals surface area contributed by atoms with Gasteiger partial charge in [0.25, 0.3) is 5.91 Å². The fraction of sp³-hybridized carbons (Fsp3) is 0.211. The van der Waals surface area contributed by atoms with Crippen LogP contribution >= 0.6 is 0 Å². The van der Waals surface area contributed by atoms with Crippen LogP contribution in [0.25, 0.3) is 0 Å². The summed E-state index contributed by atoms with van der Waals surface area (Å²) in [6.07, 6.45) is 0. The molecule has 0 atom stereocenters. The molecule has 3 rings (SSSR count). The number of halogens is 1. The Bertz CT molecular complexity index is 870. The highest BCUT2D eigenvalue weighted by atomic mass is 19.1. The highest BCUT2D eigenvalue weighted by Gasteiger charge is 2.25. The van der Waals surface area contributed by atoms with Crippen molar-refractivity contribution in [2.75, 3.05) is 31.5 Å². The summed E-state index contributed by atoms with van der Waals surface area (Å²) in [6.45, 7) is 1.51. The third-order valence-corrected chi connectivity index (χ3v) is 4.17. The summed E-state index contributed by atoms with van der Waals surface area (Å²) in [4.78, 5) is 27.9. The molecule has 3 amide bonds. The molecule has 1 N–H and O–H groups in total. The van der Waals surface area contributed by atoms with E-state index in [9.17, 15) is 14.0 Å². The molecule has 1 aliphatic rings. The first-order valence-electron chi connectivity index (χ1n) is 8.18. The number of urea groups is 1. The number of carbonyl (C=O) groups excluding carboxylic acids is 2. The van der Waals surface area contributed by atoms with Gasteiger partial charge in [-0.15, -0.1) is 0 Å². The van der Waals surface area contributed by atoms with Crippen LogP contribution in [-0.2, 0) is 0 Å². The minimum absolute atomic E-state index is 0.244. The van der Waals surface area contributed by atoms with E-state index in [1.807, 2.05) is 6.07 Å². The zero-order valence-corrected chi connectivity index (χ0v) is 14.0. The van der Waals surface area contributed by atoms with E-state index in [1.165, 1.54) is 18.2 Å². The molecule has 0 spiro atoms. The van der Waals surface area contributed by atoms with Gasteiger partial charge in [0, 0.05) is 37.4 Å². The van der Waals surface area contributed by atoms with E-state index in [0.717, 1.165) is 0 Å². The van der Waals surface area contributed by atoms with Crippen molar-refractivity contribution in [3.63, 3.8) is 0 Å². The fourth-order valence-corrected chi connectivity index (χ4v) is 2.79. The van der Waals surface area contributed by atoms with E-state index in [1.54, 1.807) is 40.1 Å². The number of nitriles is 1. The quantitative estimate of drug-likeness (QED) is 0.903. The molecule has 1 heterocycles. The van der Waals surface area contributed by atoms with Crippen molar-refractivity contribution in [2.45, 2.75) is 0 Å². The second-order valence-electron chi connectivity index (χ2n) is 5.91. The maximum absolute atomic E-state index is 13.3. The Hall–Kier alpha value is -3.40. The lowest BCUT2D eigenvalue weighted by Crippen LogP contribution is -2.51. The normalized spacial score (nSPS) is 13.8. The maximum atomic E-state index is 13.3. The fourth-order valence-electron chi connectivity index (χ4n) is 2.79. The van der Waals surface area contributed by atoms with Crippen LogP contribution in [0, 0.1) is 17.1 Å². The third-order valence-electron chi connectivity index (χ3n) is 4.17. The molecule has 1 aliphatic heterocycles. The van der Waals surface area contributed by atoms with Gasteiger partial charge in [0.2, 0.25) is 0 Å². The lowest BCUT2D eigenvalue weighted by atomic mass is 10.2. The molecule has 0 aliphatic carbocycles. The van der Waals surface area contributed by atoms with Crippen LogP contribution in [0.1, 0.15) is 15.9 Å². The minimum atomic E-state index is -0.450. The summed E-state index contributed by atoms with van der Waals surface area (Å²) < 4.78 is 13.3. The van der Waals surface area contributed by atoms with E-state index < -0.39 is 5.82 Å². The Labute approximate surface area is 150 Å². The van der Waals surface area contributed by atoms with Gasteiger partial charge in [-0.25, -0.2) is 9.18 Å². The summed E-state index contributed by atoms with van der Waals surface area (Å²) in [5.74, 6) is -0.695. The maximum Gasteiger partial charge on any atom is 0.321 e. The zero-order valence-electron chi connectivity index (χ0n) is 14.0. The average Bonchev–Trinajstić information content (AvgIpc) is 2.67. The Morgan fingerprint density at radius 2 is 1.69 bits per heavy atom. The molecule has 0 bridgehead atoms. The lowest BCUT2D eigenvalue weighted by molar-refractivity contribution is 0.0671. The van der Waals surface area contributed by atoms with Gasteiger partial charge in [-0.2, -0.15) is 5.26 Å². The molecule has 7 heteroatoms. The molecule has 1 fully saturated rings. The average molecular weight is 352 g/mol. The SMILES string of the molecule is N#Cc1cccc(NC(=O)N2CCN(C(=O)c3cccc(F)c3)CC2)c1. The largest absolute Gasteiger partial charge is 0.335 e. The molecule has 0 radical (unpaired) electrons. The van der Waals surface area contributed by atoms with Crippen LogP contribution in [0.4, 0.5) is 14.9 Å². The van der Waals surface area contributed by atoms with Crippen molar-refractivity contribution in [1.82, 2.24) is 9.80 Å². The smallest absolute Gasteiger partial charge is 0.321 e. The van der Waals surface area contributed by atoms with Crippen molar-refractivity contribution in [2.24, 2.45) is 0 Å². The predicted molar refractivity (Wildman–Crippen MR) is 94.1 cm³/mol. The first-order chi connectivity index (χ1) is 12.6. The van der Waals surface area contributed by atoms with Crippen molar-refractivity contribution in [3.05, 3.63) is 65.5 Å². The van der Waals surface area contributed by atoms with Gasteiger partial charge in [0.15, 0.2) is 0 Å². The van der Waals surface area contributed by atoms with Crippen LogP contribution in [0.3, 0.4) is 0 Å². The van der Waals surface area contributed by atoms with Crippen molar-refractivity contribution in [1.29, 1.82) is 5.26 Å². The first kappa shape index (κ1) is 17.4. The van der Waals surface area contributed by atoms with Crippen LogP contribution in [0.15, 0.2) is 48.5 Å². The van der Waals surface area contributed by atoms with Gasteiger partial charge in [-0.3, -0.25) is 4.79 Å². The number of nitrogens with one attached hydrogen (secondary N) is 1. The molecule has 132 valence electrons. The lowest BCUT2D eigenvalue weighted by Gasteiger charge is -2.34. The second-order valence-corrected chi connectivity index (χ2v) is 5.91. The summed E-state index contributed by atoms with van der Waals surface area (Å²) in [6, 6.07) is 14.0. The van der Waals surface area contributed by atoms with Gasteiger partial charge in [-0.1, -0.05) is 12.1 Å². The number of amides is 3. The molecule has 1 saturated heterocycles. The van der Waals surface area contributed by atoms with Gasteiger partial charge < -0.3 is 15.1 Å². The van der Waals surface area contributed by atoms with Gasteiger partial charge in [-0.05, 0) is 36.4 Å². The van der Waals surface area contributed by atoms with Crippen molar-refractivity contribution in [3.8, 4) is 6.07 Å². The molecule has 0 unspecified atom stereocenters. The predicted octanol–water partition coefficient (Wildman–Crippen LogP) is 2.69. The van der Waals surface area contributed by atoms with E-state index in [0.29, 0.717) is 43.0 Å². The highest BCUT2D eigenvalue weighted by molar-refractivity contribution is 5.94. The molecule has 2 aromatic carbocycles. The van der Waals surface area contributed by atoms with E-state index >= 15 is 0 Å². The summed E-state index contributed by atoms with van der Waals surface area (Å²) in [5, 5.41) is 11.7. The van der Waals surface area contributed by atoms with Gasteiger partial charge in [0.05, 0.1) is 11.6 Å². The number of nitrogens with zero attached hydrogens (tertiary/aromatic N) is 3. The Kier molecular flexibility index (Phi) is 5.13. The van der Waals surface area contributed by atoms with E-state index in [4.69, 9.17) is 5.26 Å².